The second-order valence-corrected chi connectivity index (χ2v) is 4.61. The maximum Gasteiger partial charge on any atom is 0.446 e. The zero-order chi connectivity index (χ0) is 15.3. The molecular weight excluding hydrogens is 295 g/mol. The van der Waals surface area contributed by atoms with Crippen molar-refractivity contribution in [1.29, 1.82) is 5.26 Å². The average Bonchev–Trinajstić information content (AvgIpc) is 2.36. The van der Waals surface area contributed by atoms with Gasteiger partial charge in [-0.15, -0.1) is 0 Å². The highest BCUT2D eigenvalue weighted by Crippen LogP contribution is 2.40. The zero-order valence-corrected chi connectivity index (χ0v) is 11.1. The fraction of sp³-hybridized carbons (Fsp3) is 0.333. The number of nitrogens with zero attached hydrogens (tertiary/aromatic N) is 1. The lowest BCUT2D eigenvalue weighted by atomic mass is 10.0. The zero-order valence-electron chi connectivity index (χ0n) is 10.3. The largest absolute Gasteiger partial charge is 0.462 e. The van der Waals surface area contributed by atoms with Crippen LogP contribution in [0.15, 0.2) is 17.0 Å². The number of benzene rings is 1. The van der Waals surface area contributed by atoms with Crippen molar-refractivity contribution in [2.24, 2.45) is 0 Å². The Bertz CT molecular complexity index is 552. The van der Waals surface area contributed by atoms with E-state index in [1.807, 2.05) is 0 Å². The highest BCUT2D eigenvalue weighted by Gasteiger charge is 2.32. The number of alkyl halides is 3. The van der Waals surface area contributed by atoms with Crippen molar-refractivity contribution in [3.8, 4) is 6.07 Å². The molecule has 0 aliphatic rings. The van der Waals surface area contributed by atoms with Crippen LogP contribution in [0.4, 0.5) is 13.2 Å². The predicted octanol–water partition coefficient (Wildman–Crippen LogP) is 2.84. The molecule has 1 aromatic rings. The SMILES string of the molecule is CCOC(=O)c1c(C#N)ccc(SC(F)(F)F)c1CO. The van der Waals surface area contributed by atoms with Gasteiger partial charge in [0, 0.05) is 10.5 Å². The van der Waals surface area contributed by atoms with Crippen LogP contribution in [0.5, 0.6) is 0 Å². The van der Waals surface area contributed by atoms with Crippen LogP contribution in [0.2, 0.25) is 0 Å². The lowest BCUT2D eigenvalue weighted by Crippen LogP contribution is -2.13. The summed E-state index contributed by atoms with van der Waals surface area (Å²) in [5.74, 6) is -0.933. The van der Waals surface area contributed by atoms with Gasteiger partial charge in [0.15, 0.2) is 0 Å². The number of hydrogen-bond donors (Lipinski definition) is 1. The Balaban J connectivity index is 3.41. The molecule has 0 saturated carbocycles. The van der Waals surface area contributed by atoms with Crippen molar-refractivity contribution < 1.29 is 27.8 Å². The lowest BCUT2D eigenvalue weighted by Gasteiger charge is -2.14. The van der Waals surface area contributed by atoms with Crippen molar-refractivity contribution in [2.75, 3.05) is 6.61 Å². The lowest BCUT2D eigenvalue weighted by molar-refractivity contribution is -0.0328. The number of ether oxygens (including phenoxy) is 1. The summed E-state index contributed by atoms with van der Waals surface area (Å²) in [6.07, 6.45) is 0. The summed E-state index contributed by atoms with van der Waals surface area (Å²) in [5, 5.41) is 18.1. The Hall–Kier alpha value is -1.72. The van der Waals surface area contributed by atoms with Crippen LogP contribution in [0.3, 0.4) is 0 Å². The molecule has 0 aromatic heterocycles. The van der Waals surface area contributed by atoms with Gasteiger partial charge in [-0.25, -0.2) is 4.79 Å². The minimum atomic E-state index is -4.57. The van der Waals surface area contributed by atoms with Crippen molar-refractivity contribution in [1.82, 2.24) is 0 Å². The normalized spacial score (nSPS) is 11.0. The monoisotopic (exact) mass is 305 g/mol. The first-order valence-corrected chi connectivity index (χ1v) is 6.25. The number of carbonyl (C=O) groups excluding carboxylic acids is 1. The minimum Gasteiger partial charge on any atom is -0.462 e. The van der Waals surface area contributed by atoms with E-state index in [1.54, 1.807) is 6.07 Å². The number of hydrogen-bond acceptors (Lipinski definition) is 5. The first-order chi connectivity index (χ1) is 9.34. The van der Waals surface area contributed by atoms with E-state index in [-0.39, 0.29) is 28.2 Å². The van der Waals surface area contributed by atoms with E-state index in [0.717, 1.165) is 12.1 Å². The molecule has 0 spiro atoms. The highest BCUT2D eigenvalue weighted by atomic mass is 32.2. The molecule has 1 aromatic carbocycles. The first kappa shape index (κ1) is 16.3. The summed E-state index contributed by atoms with van der Waals surface area (Å²) in [5.41, 5.74) is -5.29. The second kappa shape index (κ2) is 6.63. The number of nitriles is 1. The molecule has 0 radical (unpaired) electrons. The van der Waals surface area contributed by atoms with Crippen LogP contribution in [0.1, 0.15) is 28.4 Å². The van der Waals surface area contributed by atoms with Crippen molar-refractivity contribution in [2.45, 2.75) is 23.9 Å². The number of esters is 1. The Kier molecular flexibility index (Phi) is 5.42. The van der Waals surface area contributed by atoms with E-state index in [1.165, 1.54) is 6.92 Å². The molecule has 20 heavy (non-hydrogen) atoms. The number of carbonyl (C=O) groups is 1. The Morgan fingerprint density at radius 1 is 1.50 bits per heavy atom. The summed E-state index contributed by atoms with van der Waals surface area (Å²) in [6.45, 7) is 0.726. The molecular formula is C12H10F3NO3S. The molecule has 0 saturated heterocycles. The molecule has 0 fully saturated rings. The maximum absolute atomic E-state index is 12.4. The number of halogens is 3. The first-order valence-electron chi connectivity index (χ1n) is 5.43. The topological polar surface area (TPSA) is 70.3 Å². The smallest absolute Gasteiger partial charge is 0.446 e. The standard InChI is InChI=1S/C12H10F3NO3S/c1-2-19-11(18)10-7(5-16)3-4-9(8(10)6-17)20-12(13,14)15/h3-4,17H,2,6H2,1H3. The molecule has 0 amide bonds. The van der Waals surface area contributed by atoms with Gasteiger partial charge >= 0.3 is 11.5 Å². The van der Waals surface area contributed by atoms with Crippen molar-refractivity contribution in [3.63, 3.8) is 0 Å². The summed E-state index contributed by atoms with van der Waals surface area (Å²) in [4.78, 5) is 11.4. The van der Waals surface area contributed by atoms with Crippen LogP contribution < -0.4 is 0 Å². The van der Waals surface area contributed by atoms with E-state index in [0.29, 0.717) is 0 Å². The fourth-order valence-corrected chi connectivity index (χ4v) is 2.21. The van der Waals surface area contributed by atoms with Crippen molar-refractivity contribution in [3.05, 3.63) is 28.8 Å². The second-order valence-electron chi connectivity index (χ2n) is 3.50. The molecule has 1 rings (SSSR count). The van der Waals surface area contributed by atoms with Crippen molar-refractivity contribution >= 4 is 17.7 Å². The molecule has 4 nitrogen and oxygen atoms in total. The van der Waals surface area contributed by atoms with Gasteiger partial charge in [-0.1, -0.05) is 0 Å². The van der Waals surface area contributed by atoms with Crippen LogP contribution in [-0.4, -0.2) is 23.2 Å². The predicted molar refractivity (Wildman–Crippen MR) is 64.9 cm³/mol. The van der Waals surface area contributed by atoms with Gasteiger partial charge in [0.05, 0.1) is 24.3 Å². The third-order valence-electron chi connectivity index (χ3n) is 2.25. The van der Waals surface area contributed by atoms with E-state index in [9.17, 15) is 23.1 Å². The van der Waals surface area contributed by atoms with Gasteiger partial charge in [-0.2, -0.15) is 18.4 Å². The minimum absolute atomic E-state index is 0.00517. The van der Waals surface area contributed by atoms with Crippen LogP contribution in [-0.2, 0) is 11.3 Å². The van der Waals surface area contributed by atoms with E-state index in [2.05, 4.69) is 0 Å². The van der Waals surface area contributed by atoms with Gasteiger partial charge in [0.2, 0.25) is 0 Å². The Morgan fingerprint density at radius 3 is 2.60 bits per heavy atom. The molecule has 0 unspecified atom stereocenters. The van der Waals surface area contributed by atoms with Crippen LogP contribution in [0, 0.1) is 11.3 Å². The number of rotatable bonds is 4. The third-order valence-corrected chi connectivity index (χ3v) is 3.09. The number of aliphatic hydroxyl groups is 1. The van der Waals surface area contributed by atoms with Crippen LogP contribution >= 0.6 is 11.8 Å². The number of aliphatic hydroxyl groups excluding tert-OH is 1. The van der Waals surface area contributed by atoms with E-state index < -0.39 is 29.8 Å². The van der Waals surface area contributed by atoms with Gasteiger partial charge < -0.3 is 9.84 Å². The quantitative estimate of drug-likeness (QED) is 0.684. The van der Waals surface area contributed by atoms with Gasteiger partial charge in [0.25, 0.3) is 0 Å². The third kappa shape index (κ3) is 3.88. The average molecular weight is 305 g/mol. The molecule has 0 heterocycles. The fourth-order valence-electron chi connectivity index (χ4n) is 1.54. The van der Waals surface area contributed by atoms with Crippen LogP contribution in [0.25, 0.3) is 0 Å². The molecule has 0 atom stereocenters. The molecule has 8 heteroatoms. The Morgan fingerprint density at radius 2 is 2.15 bits per heavy atom. The van der Waals surface area contributed by atoms with Gasteiger partial charge in [-0.3, -0.25) is 0 Å². The van der Waals surface area contributed by atoms with Gasteiger partial charge in [0.1, 0.15) is 6.07 Å². The maximum atomic E-state index is 12.4. The van der Waals surface area contributed by atoms with Gasteiger partial charge in [-0.05, 0) is 30.8 Å². The summed E-state index contributed by atoms with van der Waals surface area (Å²) in [6, 6.07) is 3.84. The Labute approximate surface area is 117 Å². The molecule has 0 bridgehead atoms. The summed E-state index contributed by atoms with van der Waals surface area (Å²) < 4.78 is 42.0. The molecule has 108 valence electrons. The van der Waals surface area contributed by atoms with E-state index in [4.69, 9.17) is 10.00 Å². The molecule has 0 aliphatic heterocycles. The molecule has 1 N–H and O–H groups in total. The summed E-state index contributed by atoms with van der Waals surface area (Å²) >= 11 is -0.456. The van der Waals surface area contributed by atoms with E-state index >= 15 is 0 Å². The number of thioether (sulfide) groups is 1. The molecule has 0 aliphatic carbocycles. The highest BCUT2D eigenvalue weighted by molar-refractivity contribution is 8.00. The summed E-state index contributed by atoms with van der Waals surface area (Å²) in [7, 11) is 0.